The number of nitrogens with zero attached hydrogens (tertiary/aromatic N) is 2. The number of carbonyl (C=O) groups is 1. The van der Waals surface area contributed by atoms with Gasteiger partial charge in [0.1, 0.15) is 0 Å². The molecule has 5 nitrogen and oxygen atoms in total. The summed E-state index contributed by atoms with van der Waals surface area (Å²) in [6.45, 7) is 0.625. The first kappa shape index (κ1) is 15.4. The summed E-state index contributed by atoms with van der Waals surface area (Å²) in [6.07, 6.45) is 4.92. The van der Waals surface area contributed by atoms with E-state index in [0.29, 0.717) is 13.0 Å². The smallest absolute Gasteiger partial charge is 0.224 e. The lowest BCUT2D eigenvalue weighted by atomic mass is 10.1. The second-order valence-electron chi connectivity index (χ2n) is 6.31. The molecule has 0 saturated carbocycles. The number of imidazole rings is 1. The van der Waals surface area contributed by atoms with Crippen molar-refractivity contribution in [3.05, 3.63) is 66.1 Å². The molecule has 0 fully saturated rings. The number of aryl methyl sites for hydroxylation is 1. The SMILES string of the molecule is Cn1cnc2cc(CCNC(=O)Cc3c[nH]c4ccccc34)ccc21. The van der Waals surface area contributed by atoms with Crippen LogP contribution in [0.3, 0.4) is 0 Å². The molecule has 0 aliphatic rings. The van der Waals surface area contributed by atoms with Crippen LogP contribution in [0.25, 0.3) is 21.9 Å². The molecule has 0 spiro atoms. The summed E-state index contributed by atoms with van der Waals surface area (Å²) in [4.78, 5) is 19.8. The number of benzene rings is 2. The first-order chi connectivity index (χ1) is 12.2. The van der Waals surface area contributed by atoms with E-state index in [2.05, 4.69) is 33.5 Å². The highest BCUT2D eigenvalue weighted by Gasteiger charge is 2.08. The number of rotatable bonds is 5. The molecule has 4 aromatic rings. The summed E-state index contributed by atoms with van der Waals surface area (Å²) in [5, 5.41) is 4.12. The van der Waals surface area contributed by atoms with E-state index in [1.54, 1.807) is 0 Å². The molecule has 0 radical (unpaired) electrons. The third-order valence-corrected chi connectivity index (χ3v) is 4.55. The predicted octanol–water partition coefficient (Wildman–Crippen LogP) is 2.96. The summed E-state index contributed by atoms with van der Waals surface area (Å²) in [5.74, 6) is 0.0451. The molecule has 2 aromatic carbocycles. The van der Waals surface area contributed by atoms with Crippen LogP contribution in [0, 0.1) is 0 Å². The first-order valence-corrected chi connectivity index (χ1v) is 8.42. The van der Waals surface area contributed by atoms with Gasteiger partial charge >= 0.3 is 0 Å². The lowest BCUT2D eigenvalue weighted by Gasteiger charge is -2.05. The molecule has 5 heteroatoms. The Balaban J connectivity index is 1.35. The van der Waals surface area contributed by atoms with E-state index < -0.39 is 0 Å². The normalized spacial score (nSPS) is 11.2. The lowest BCUT2D eigenvalue weighted by molar-refractivity contribution is -0.120. The van der Waals surface area contributed by atoms with Crippen molar-refractivity contribution >= 4 is 27.8 Å². The highest BCUT2D eigenvalue weighted by molar-refractivity contribution is 5.88. The van der Waals surface area contributed by atoms with E-state index >= 15 is 0 Å². The van der Waals surface area contributed by atoms with Gasteiger partial charge in [-0.05, 0) is 35.7 Å². The number of hydrogen-bond donors (Lipinski definition) is 2. The second kappa shape index (κ2) is 6.43. The lowest BCUT2D eigenvalue weighted by Crippen LogP contribution is -2.27. The molecule has 2 N–H and O–H groups in total. The summed E-state index contributed by atoms with van der Waals surface area (Å²) in [7, 11) is 1.99. The zero-order valence-electron chi connectivity index (χ0n) is 14.1. The molecule has 25 heavy (non-hydrogen) atoms. The van der Waals surface area contributed by atoms with Gasteiger partial charge in [0.25, 0.3) is 0 Å². The molecule has 0 atom stereocenters. The maximum absolute atomic E-state index is 12.2. The molecule has 0 bridgehead atoms. The molecule has 0 saturated heterocycles. The van der Waals surface area contributed by atoms with Gasteiger partial charge < -0.3 is 14.9 Å². The minimum atomic E-state index is 0.0451. The van der Waals surface area contributed by atoms with Crippen molar-refractivity contribution in [3.8, 4) is 0 Å². The van der Waals surface area contributed by atoms with E-state index in [1.165, 1.54) is 5.56 Å². The minimum absolute atomic E-state index is 0.0451. The standard InChI is InChI=1S/C20H20N4O/c1-24-13-23-18-10-14(6-7-19(18)24)8-9-21-20(25)11-15-12-22-17-5-3-2-4-16(15)17/h2-7,10,12-13,22H,8-9,11H2,1H3,(H,21,25). The van der Waals surface area contributed by atoms with Gasteiger partial charge in [-0.3, -0.25) is 4.79 Å². The van der Waals surface area contributed by atoms with Crippen molar-refractivity contribution in [3.63, 3.8) is 0 Å². The third kappa shape index (κ3) is 3.13. The van der Waals surface area contributed by atoms with E-state index in [0.717, 1.165) is 33.9 Å². The van der Waals surface area contributed by atoms with Gasteiger partial charge in [-0.2, -0.15) is 0 Å². The van der Waals surface area contributed by atoms with E-state index in [4.69, 9.17) is 0 Å². The number of aromatic amines is 1. The Hall–Kier alpha value is -3.08. The summed E-state index contributed by atoms with van der Waals surface area (Å²) < 4.78 is 2.00. The van der Waals surface area contributed by atoms with Crippen LogP contribution < -0.4 is 5.32 Å². The van der Waals surface area contributed by atoms with Crippen LogP contribution in [0.2, 0.25) is 0 Å². The maximum atomic E-state index is 12.2. The molecule has 2 heterocycles. The topological polar surface area (TPSA) is 62.7 Å². The van der Waals surface area contributed by atoms with Crippen LogP contribution >= 0.6 is 0 Å². The quantitative estimate of drug-likeness (QED) is 0.590. The fourth-order valence-electron chi connectivity index (χ4n) is 3.20. The van der Waals surface area contributed by atoms with Crippen molar-refractivity contribution in [2.45, 2.75) is 12.8 Å². The molecular formula is C20H20N4O. The predicted molar refractivity (Wildman–Crippen MR) is 99.4 cm³/mol. The molecule has 0 aliphatic heterocycles. The van der Waals surface area contributed by atoms with Crippen LogP contribution in [0.15, 0.2) is 55.0 Å². The Labute approximate surface area is 145 Å². The van der Waals surface area contributed by atoms with Gasteiger partial charge in [-0.15, -0.1) is 0 Å². The minimum Gasteiger partial charge on any atom is -0.361 e. The average molecular weight is 332 g/mol. The third-order valence-electron chi connectivity index (χ3n) is 4.55. The van der Waals surface area contributed by atoms with Crippen molar-refractivity contribution in [1.29, 1.82) is 0 Å². The summed E-state index contributed by atoms with van der Waals surface area (Å²) in [5.41, 5.74) is 5.38. The summed E-state index contributed by atoms with van der Waals surface area (Å²) in [6, 6.07) is 14.3. The van der Waals surface area contributed by atoms with E-state index in [9.17, 15) is 4.79 Å². The van der Waals surface area contributed by atoms with Crippen molar-refractivity contribution in [1.82, 2.24) is 19.9 Å². The maximum Gasteiger partial charge on any atom is 0.224 e. The molecule has 0 unspecified atom stereocenters. The Morgan fingerprint density at radius 3 is 3.04 bits per heavy atom. The number of H-pyrrole nitrogens is 1. The fourth-order valence-corrected chi connectivity index (χ4v) is 3.20. The number of hydrogen-bond acceptors (Lipinski definition) is 2. The Morgan fingerprint density at radius 2 is 2.12 bits per heavy atom. The van der Waals surface area contributed by atoms with Gasteiger partial charge in [-0.25, -0.2) is 4.98 Å². The van der Waals surface area contributed by atoms with Crippen molar-refractivity contribution < 1.29 is 4.79 Å². The fraction of sp³-hybridized carbons (Fsp3) is 0.200. The first-order valence-electron chi connectivity index (χ1n) is 8.42. The molecule has 2 aromatic heterocycles. The number of fused-ring (bicyclic) bond motifs is 2. The van der Waals surface area contributed by atoms with Crippen LogP contribution in [0.5, 0.6) is 0 Å². The van der Waals surface area contributed by atoms with Crippen LogP contribution in [0.4, 0.5) is 0 Å². The van der Waals surface area contributed by atoms with Crippen molar-refractivity contribution in [2.24, 2.45) is 7.05 Å². The zero-order chi connectivity index (χ0) is 17.2. The van der Waals surface area contributed by atoms with Gasteiger partial charge in [0.15, 0.2) is 0 Å². The van der Waals surface area contributed by atoms with Crippen LogP contribution in [-0.2, 0) is 24.7 Å². The van der Waals surface area contributed by atoms with Crippen molar-refractivity contribution in [2.75, 3.05) is 6.54 Å². The molecule has 0 aliphatic carbocycles. The van der Waals surface area contributed by atoms with Gasteiger partial charge in [-0.1, -0.05) is 24.3 Å². The number of aromatic nitrogens is 3. The molecule has 4 rings (SSSR count). The van der Waals surface area contributed by atoms with E-state index in [1.807, 2.05) is 48.4 Å². The van der Waals surface area contributed by atoms with Gasteiger partial charge in [0.05, 0.1) is 23.8 Å². The highest BCUT2D eigenvalue weighted by atomic mass is 16.1. The Morgan fingerprint density at radius 1 is 1.24 bits per heavy atom. The number of amides is 1. The van der Waals surface area contributed by atoms with Crippen LogP contribution in [0.1, 0.15) is 11.1 Å². The monoisotopic (exact) mass is 332 g/mol. The molecular weight excluding hydrogens is 312 g/mol. The average Bonchev–Trinajstić information content (AvgIpc) is 3.19. The number of para-hydroxylation sites is 1. The van der Waals surface area contributed by atoms with Gasteiger partial charge in [0, 0.05) is 30.7 Å². The second-order valence-corrected chi connectivity index (χ2v) is 6.31. The Kier molecular flexibility index (Phi) is 3.98. The number of carbonyl (C=O) groups excluding carboxylic acids is 1. The zero-order valence-corrected chi connectivity index (χ0v) is 14.1. The highest BCUT2D eigenvalue weighted by Crippen LogP contribution is 2.18. The number of nitrogens with one attached hydrogen (secondary N) is 2. The van der Waals surface area contributed by atoms with Crippen LogP contribution in [-0.4, -0.2) is 27.0 Å². The largest absolute Gasteiger partial charge is 0.361 e. The summed E-state index contributed by atoms with van der Waals surface area (Å²) >= 11 is 0. The van der Waals surface area contributed by atoms with Gasteiger partial charge in [0.2, 0.25) is 5.91 Å². The molecule has 126 valence electrons. The Bertz CT molecular complexity index is 1040. The van der Waals surface area contributed by atoms with E-state index in [-0.39, 0.29) is 5.91 Å². The molecule has 1 amide bonds.